The highest BCUT2D eigenvalue weighted by Crippen LogP contribution is 2.34. The van der Waals surface area contributed by atoms with Crippen molar-refractivity contribution in [1.82, 2.24) is 5.32 Å². The van der Waals surface area contributed by atoms with Gasteiger partial charge in [0.05, 0.1) is 17.9 Å². The number of hydrogen-bond donors (Lipinski definition) is 2. The number of rotatable bonds is 1. The number of anilines is 2. The number of nitrogens with zero attached hydrogens (tertiary/aromatic N) is 1. The summed E-state index contributed by atoms with van der Waals surface area (Å²) in [5, 5.41) is 6.26. The first-order chi connectivity index (χ1) is 8.24. The maximum atomic E-state index is 11.7. The number of halogens is 1. The van der Waals surface area contributed by atoms with Crippen LogP contribution in [0.15, 0.2) is 22.7 Å². The van der Waals surface area contributed by atoms with Crippen molar-refractivity contribution in [3.63, 3.8) is 0 Å². The van der Waals surface area contributed by atoms with E-state index in [1.807, 2.05) is 12.1 Å². The Bertz CT molecular complexity index is 457. The van der Waals surface area contributed by atoms with E-state index in [4.69, 9.17) is 0 Å². The second-order valence-corrected chi connectivity index (χ2v) is 5.40. The molecule has 0 bridgehead atoms. The summed E-state index contributed by atoms with van der Waals surface area (Å²) in [6, 6.07) is 6.41. The molecule has 2 N–H and O–H groups in total. The van der Waals surface area contributed by atoms with E-state index in [0.717, 1.165) is 35.4 Å². The lowest BCUT2D eigenvalue weighted by molar-refractivity contribution is -0.115. The molecule has 1 saturated heterocycles. The number of benzene rings is 1. The molecule has 5 heteroatoms. The fourth-order valence-corrected chi connectivity index (χ4v) is 2.86. The molecule has 2 heterocycles. The largest absolute Gasteiger partial charge is 0.356 e. The molecule has 1 unspecified atom stereocenters. The first kappa shape index (κ1) is 11.0. The van der Waals surface area contributed by atoms with Crippen LogP contribution in [0.1, 0.15) is 6.42 Å². The van der Waals surface area contributed by atoms with Crippen molar-refractivity contribution in [2.24, 2.45) is 0 Å². The van der Waals surface area contributed by atoms with E-state index in [1.54, 1.807) is 0 Å². The summed E-state index contributed by atoms with van der Waals surface area (Å²) >= 11 is 3.49. The zero-order chi connectivity index (χ0) is 11.8. The van der Waals surface area contributed by atoms with Crippen LogP contribution in [0.5, 0.6) is 0 Å². The first-order valence-electron chi connectivity index (χ1n) is 5.81. The first-order valence-corrected chi connectivity index (χ1v) is 6.60. The van der Waals surface area contributed by atoms with Crippen LogP contribution in [0, 0.1) is 0 Å². The van der Waals surface area contributed by atoms with Gasteiger partial charge in [0.25, 0.3) is 0 Å². The average molecular weight is 296 g/mol. The van der Waals surface area contributed by atoms with E-state index in [-0.39, 0.29) is 5.91 Å². The summed E-state index contributed by atoms with van der Waals surface area (Å²) in [6.45, 7) is 2.45. The standard InChI is InChI=1S/C12H14BrN3O/c13-8-1-2-10-11(5-8)16(7-12(17)15-10)9-3-4-14-6-9/h1-2,5,9,14H,3-4,6-7H2,(H,15,17). The van der Waals surface area contributed by atoms with Gasteiger partial charge < -0.3 is 15.5 Å². The molecule has 1 fully saturated rings. The molecule has 4 nitrogen and oxygen atoms in total. The van der Waals surface area contributed by atoms with Crippen LogP contribution in [0.2, 0.25) is 0 Å². The van der Waals surface area contributed by atoms with Crippen molar-refractivity contribution in [2.45, 2.75) is 12.5 Å². The van der Waals surface area contributed by atoms with Gasteiger partial charge in [-0.1, -0.05) is 15.9 Å². The van der Waals surface area contributed by atoms with Gasteiger partial charge >= 0.3 is 0 Å². The lowest BCUT2D eigenvalue weighted by Crippen LogP contribution is -2.45. The van der Waals surface area contributed by atoms with Gasteiger partial charge in [0.1, 0.15) is 0 Å². The van der Waals surface area contributed by atoms with Crippen LogP contribution < -0.4 is 15.5 Å². The summed E-state index contributed by atoms with van der Waals surface area (Å²) < 4.78 is 1.04. The highest BCUT2D eigenvalue weighted by atomic mass is 79.9. The average Bonchev–Trinajstić information content (AvgIpc) is 2.82. The Kier molecular flexibility index (Phi) is 2.80. The molecule has 3 rings (SSSR count). The minimum absolute atomic E-state index is 0.0757. The Balaban J connectivity index is 1.99. The Morgan fingerprint density at radius 1 is 1.41 bits per heavy atom. The van der Waals surface area contributed by atoms with E-state index in [1.165, 1.54) is 0 Å². The third-order valence-corrected chi connectivity index (χ3v) is 3.83. The number of hydrogen-bond acceptors (Lipinski definition) is 3. The molecule has 1 amide bonds. The van der Waals surface area contributed by atoms with Gasteiger partial charge in [0.15, 0.2) is 0 Å². The summed E-state index contributed by atoms with van der Waals surface area (Å²) in [5.41, 5.74) is 2.03. The monoisotopic (exact) mass is 295 g/mol. The van der Waals surface area contributed by atoms with E-state index in [9.17, 15) is 4.79 Å². The molecule has 2 aliphatic heterocycles. The number of carbonyl (C=O) groups excluding carboxylic acids is 1. The summed E-state index contributed by atoms with van der Waals surface area (Å²) in [5.74, 6) is 0.0757. The van der Waals surface area contributed by atoms with Crippen LogP contribution in [-0.4, -0.2) is 31.6 Å². The van der Waals surface area contributed by atoms with E-state index in [0.29, 0.717) is 12.6 Å². The van der Waals surface area contributed by atoms with Crippen molar-refractivity contribution in [3.8, 4) is 0 Å². The zero-order valence-electron chi connectivity index (χ0n) is 9.37. The van der Waals surface area contributed by atoms with Crippen LogP contribution >= 0.6 is 15.9 Å². The van der Waals surface area contributed by atoms with Crippen molar-refractivity contribution in [2.75, 3.05) is 29.9 Å². The van der Waals surface area contributed by atoms with Gasteiger partial charge in [-0.3, -0.25) is 4.79 Å². The van der Waals surface area contributed by atoms with Gasteiger partial charge in [0.2, 0.25) is 5.91 Å². The van der Waals surface area contributed by atoms with Gasteiger partial charge in [-0.05, 0) is 31.2 Å². The molecule has 1 aromatic carbocycles. The smallest absolute Gasteiger partial charge is 0.243 e. The van der Waals surface area contributed by atoms with E-state index < -0.39 is 0 Å². The van der Waals surface area contributed by atoms with Crippen LogP contribution in [0.25, 0.3) is 0 Å². The van der Waals surface area contributed by atoms with E-state index in [2.05, 4.69) is 37.5 Å². The predicted octanol–water partition coefficient (Wildman–Crippen LogP) is 1.57. The molecule has 0 radical (unpaired) electrons. The van der Waals surface area contributed by atoms with E-state index >= 15 is 0 Å². The number of fused-ring (bicyclic) bond motifs is 1. The van der Waals surface area contributed by atoms with Crippen LogP contribution in [0.4, 0.5) is 11.4 Å². The molecule has 2 aliphatic rings. The van der Waals surface area contributed by atoms with Crippen LogP contribution in [-0.2, 0) is 4.79 Å². The van der Waals surface area contributed by atoms with Crippen LogP contribution in [0.3, 0.4) is 0 Å². The molecule has 17 heavy (non-hydrogen) atoms. The topological polar surface area (TPSA) is 44.4 Å². The van der Waals surface area contributed by atoms with Crippen molar-refractivity contribution in [1.29, 1.82) is 0 Å². The lowest BCUT2D eigenvalue weighted by atomic mass is 10.1. The second-order valence-electron chi connectivity index (χ2n) is 4.48. The minimum Gasteiger partial charge on any atom is -0.356 e. The number of carbonyl (C=O) groups is 1. The maximum absolute atomic E-state index is 11.7. The fraction of sp³-hybridized carbons (Fsp3) is 0.417. The Morgan fingerprint density at radius 3 is 3.06 bits per heavy atom. The molecule has 1 atom stereocenters. The third kappa shape index (κ3) is 2.05. The summed E-state index contributed by atoms with van der Waals surface area (Å²) in [7, 11) is 0. The van der Waals surface area contributed by atoms with Crippen molar-refractivity contribution >= 4 is 33.2 Å². The molecular weight excluding hydrogens is 282 g/mol. The van der Waals surface area contributed by atoms with Gasteiger partial charge in [0, 0.05) is 17.1 Å². The highest BCUT2D eigenvalue weighted by Gasteiger charge is 2.29. The Labute approximate surface area is 108 Å². The van der Waals surface area contributed by atoms with Gasteiger partial charge in [-0.25, -0.2) is 0 Å². The second kappa shape index (κ2) is 4.31. The third-order valence-electron chi connectivity index (χ3n) is 3.33. The summed E-state index contributed by atoms with van der Waals surface area (Å²) in [6.07, 6.45) is 1.10. The molecule has 1 aromatic rings. The molecule has 90 valence electrons. The van der Waals surface area contributed by atoms with Crippen molar-refractivity contribution < 1.29 is 4.79 Å². The molecular formula is C12H14BrN3O. The maximum Gasteiger partial charge on any atom is 0.243 e. The predicted molar refractivity (Wildman–Crippen MR) is 71.4 cm³/mol. The van der Waals surface area contributed by atoms with Gasteiger partial charge in [-0.2, -0.15) is 0 Å². The highest BCUT2D eigenvalue weighted by molar-refractivity contribution is 9.10. The Hall–Kier alpha value is -1.07. The van der Waals surface area contributed by atoms with Crippen molar-refractivity contribution in [3.05, 3.63) is 22.7 Å². The SMILES string of the molecule is O=C1CN(C2CCNC2)c2cc(Br)ccc2N1. The normalized spacial score (nSPS) is 23.5. The molecule has 0 spiro atoms. The summed E-state index contributed by atoms with van der Waals surface area (Å²) in [4.78, 5) is 13.9. The fourth-order valence-electron chi connectivity index (χ4n) is 2.51. The minimum atomic E-state index is 0.0757. The quantitative estimate of drug-likeness (QED) is 0.827. The Morgan fingerprint density at radius 2 is 2.29 bits per heavy atom. The molecule has 0 aromatic heterocycles. The molecule has 0 aliphatic carbocycles. The van der Waals surface area contributed by atoms with Gasteiger partial charge in [-0.15, -0.1) is 0 Å². The number of amides is 1. The zero-order valence-corrected chi connectivity index (χ0v) is 11.0. The lowest BCUT2D eigenvalue weighted by Gasteiger charge is -2.35. The number of nitrogens with one attached hydrogen (secondary N) is 2. The molecule has 0 saturated carbocycles.